The second kappa shape index (κ2) is 9.05. The average molecular weight is 404 g/mol. The number of fused-ring (bicyclic) bond motifs is 1. The summed E-state index contributed by atoms with van der Waals surface area (Å²) >= 11 is 3.38. The number of halogens is 2. The zero-order valence-corrected chi connectivity index (χ0v) is 15.5. The fourth-order valence-corrected chi connectivity index (χ4v) is 2.60. The Morgan fingerprint density at radius 3 is 2.70 bits per heavy atom. The predicted molar refractivity (Wildman–Crippen MR) is 97.7 cm³/mol. The third kappa shape index (κ3) is 4.80. The second-order valence-corrected chi connectivity index (χ2v) is 5.95. The highest BCUT2D eigenvalue weighted by molar-refractivity contribution is 9.10. The lowest BCUT2D eigenvalue weighted by Gasteiger charge is -2.09. The Morgan fingerprint density at radius 2 is 2.00 bits per heavy atom. The first-order valence-corrected chi connectivity index (χ1v) is 8.05. The molecular formula is C16H20BrClN2O3. The molecule has 2 rings (SSSR count). The summed E-state index contributed by atoms with van der Waals surface area (Å²) in [7, 11) is 0. The van der Waals surface area contributed by atoms with E-state index in [2.05, 4.69) is 33.5 Å². The number of carbonyl (C=O) groups is 1. The van der Waals surface area contributed by atoms with Crippen LogP contribution < -0.4 is 16.3 Å². The van der Waals surface area contributed by atoms with Crippen LogP contribution in [0.5, 0.6) is 0 Å². The lowest BCUT2D eigenvalue weighted by molar-refractivity contribution is 0.0950. The number of nitrogens with one attached hydrogen (secondary N) is 2. The Labute approximate surface area is 149 Å². The summed E-state index contributed by atoms with van der Waals surface area (Å²) in [5.74, 6) is -0.397. The van der Waals surface area contributed by atoms with Gasteiger partial charge in [-0.3, -0.25) is 4.79 Å². The summed E-state index contributed by atoms with van der Waals surface area (Å²) in [6.07, 6.45) is 1.04. The molecule has 5 nitrogen and oxygen atoms in total. The number of benzene rings is 1. The Kier molecular flexibility index (Phi) is 7.75. The topological polar surface area (TPSA) is 71.3 Å². The standard InChI is InChI=1S/C16H19BrN2O3.ClH/c1-3-6-18-7-8-19-15(20)14-10(2)12-9-11(17)4-5-13(12)22-16(14)21;/h4-5,9,18H,3,6-8H2,1-2H3,(H,19,20);1H. The zero-order chi connectivity index (χ0) is 16.1. The van der Waals surface area contributed by atoms with Crippen LogP contribution in [0.2, 0.25) is 0 Å². The minimum atomic E-state index is -0.605. The van der Waals surface area contributed by atoms with Crippen molar-refractivity contribution < 1.29 is 9.21 Å². The third-order valence-electron chi connectivity index (χ3n) is 3.37. The van der Waals surface area contributed by atoms with Gasteiger partial charge < -0.3 is 15.1 Å². The molecule has 23 heavy (non-hydrogen) atoms. The molecule has 1 aromatic carbocycles. The van der Waals surface area contributed by atoms with E-state index < -0.39 is 11.5 Å². The van der Waals surface area contributed by atoms with E-state index in [-0.39, 0.29) is 18.0 Å². The molecule has 1 heterocycles. The van der Waals surface area contributed by atoms with Gasteiger partial charge in [0.25, 0.3) is 5.91 Å². The molecule has 0 aliphatic carbocycles. The van der Waals surface area contributed by atoms with Crippen LogP contribution in [0.25, 0.3) is 11.0 Å². The van der Waals surface area contributed by atoms with Gasteiger partial charge in [0.2, 0.25) is 0 Å². The fraction of sp³-hybridized carbons (Fsp3) is 0.375. The fourth-order valence-electron chi connectivity index (χ4n) is 2.24. The molecule has 0 saturated carbocycles. The van der Waals surface area contributed by atoms with Crippen LogP contribution in [-0.4, -0.2) is 25.5 Å². The molecular weight excluding hydrogens is 384 g/mol. The normalized spacial score (nSPS) is 10.4. The van der Waals surface area contributed by atoms with Crippen molar-refractivity contribution in [2.75, 3.05) is 19.6 Å². The van der Waals surface area contributed by atoms with Gasteiger partial charge in [-0.2, -0.15) is 0 Å². The van der Waals surface area contributed by atoms with Gasteiger partial charge in [0.05, 0.1) is 0 Å². The smallest absolute Gasteiger partial charge is 0.349 e. The summed E-state index contributed by atoms with van der Waals surface area (Å²) in [5, 5.41) is 6.68. The SMILES string of the molecule is CCCNCCNC(=O)c1c(C)c2cc(Br)ccc2oc1=O.Cl. The molecule has 126 valence electrons. The van der Waals surface area contributed by atoms with E-state index in [4.69, 9.17) is 4.42 Å². The van der Waals surface area contributed by atoms with Crippen LogP contribution in [0.3, 0.4) is 0 Å². The summed E-state index contributed by atoms with van der Waals surface area (Å²) in [6.45, 7) is 5.88. The van der Waals surface area contributed by atoms with E-state index in [0.717, 1.165) is 22.8 Å². The maximum Gasteiger partial charge on any atom is 0.349 e. The van der Waals surface area contributed by atoms with Gasteiger partial charge in [0.15, 0.2) is 0 Å². The highest BCUT2D eigenvalue weighted by atomic mass is 79.9. The Morgan fingerprint density at radius 1 is 1.26 bits per heavy atom. The molecule has 2 aromatic rings. The molecule has 0 fully saturated rings. The van der Waals surface area contributed by atoms with Gasteiger partial charge in [0, 0.05) is 22.9 Å². The summed E-state index contributed by atoms with van der Waals surface area (Å²) in [5.41, 5.74) is 0.575. The Balaban J connectivity index is 0.00000264. The number of aryl methyl sites for hydroxylation is 1. The number of rotatable bonds is 6. The van der Waals surface area contributed by atoms with Crippen molar-refractivity contribution in [2.24, 2.45) is 0 Å². The molecule has 0 aliphatic heterocycles. The van der Waals surface area contributed by atoms with Gasteiger partial charge in [-0.05, 0) is 43.7 Å². The minimum absolute atomic E-state index is 0. The summed E-state index contributed by atoms with van der Waals surface area (Å²) in [6, 6.07) is 5.35. The molecule has 2 N–H and O–H groups in total. The van der Waals surface area contributed by atoms with Gasteiger partial charge in [-0.25, -0.2) is 4.79 Å². The van der Waals surface area contributed by atoms with Gasteiger partial charge >= 0.3 is 5.63 Å². The molecule has 7 heteroatoms. The van der Waals surface area contributed by atoms with Crippen molar-refractivity contribution in [3.05, 3.63) is 44.2 Å². The largest absolute Gasteiger partial charge is 0.422 e. The van der Waals surface area contributed by atoms with Gasteiger partial charge in [-0.1, -0.05) is 22.9 Å². The van der Waals surface area contributed by atoms with Crippen molar-refractivity contribution in [1.29, 1.82) is 0 Å². The maximum atomic E-state index is 12.2. The maximum absolute atomic E-state index is 12.2. The quantitative estimate of drug-likeness (QED) is 0.574. The zero-order valence-electron chi connectivity index (χ0n) is 13.1. The van der Waals surface area contributed by atoms with Crippen molar-refractivity contribution in [2.45, 2.75) is 20.3 Å². The molecule has 0 saturated heterocycles. The molecule has 1 amide bonds. The van der Waals surface area contributed by atoms with E-state index in [9.17, 15) is 9.59 Å². The summed E-state index contributed by atoms with van der Waals surface area (Å²) in [4.78, 5) is 24.3. The predicted octanol–water partition coefficient (Wildman–Crippen LogP) is 3.02. The first-order chi connectivity index (χ1) is 10.5. The molecule has 0 radical (unpaired) electrons. The van der Waals surface area contributed by atoms with Crippen LogP contribution in [0.15, 0.2) is 31.9 Å². The van der Waals surface area contributed by atoms with Crippen molar-refractivity contribution in [3.63, 3.8) is 0 Å². The van der Waals surface area contributed by atoms with E-state index in [1.807, 2.05) is 6.07 Å². The minimum Gasteiger partial charge on any atom is -0.422 e. The van der Waals surface area contributed by atoms with Crippen molar-refractivity contribution in [3.8, 4) is 0 Å². The number of carbonyl (C=O) groups excluding carboxylic acids is 1. The first-order valence-electron chi connectivity index (χ1n) is 7.26. The highest BCUT2D eigenvalue weighted by Crippen LogP contribution is 2.23. The van der Waals surface area contributed by atoms with E-state index in [0.29, 0.717) is 24.2 Å². The highest BCUT2D eigenvalue weighted by Gasteiger charge is 2.18. The van der Waals surface area contributed by atoms with Gasteiger partial charge in [-0.15, -0.1) is 12.4 Å². The van der Waals surface area contributed by atoms with E-state index in [1.54, 1.807) is 19.1 Å². The van der Waals surface area contributed by atoms with Crippen LogP contribution in [0.4, 0.5) is 0 Å². The lowest BCUT2D eigenvalue weighted by Crippen LogP contribution is -2.35. The average Bonchev–Trinajstić information content (AvgIpc) is 2.48. The number of hydrogen-bond acceptors (Lipinski definition) is 4. The van der Waals surface area contributed by atoms with Crippen LogP contribution >= 0.6 is 28.3 Å². The van der Waals surface area contributed by atoms with E-state index in [1.165, 1.54) is 0 Å². The first kappa shape index (κ1) is 19.7. The molecule has 1 aromatic heterocycles. The Bertz CT molecular complexity index is 746. The second-order valence-electron chi connectivity index (χ2n) is 5.04. The third-order valence-corrected chi connectivity index (χ3v) is 3.86. The van der Waals surface area contributed by atoms with E-state index >= 15 is 0 Å². The molecule has 0 unspecified atom stereocenters. The monoisotopic (exact) mass is 402 g/mol. The number of amides is 1. The van der Waals surface area contributed by atoms with Gasteiger partial charge in [0.1, 0.15) is 11.1 Å². The summed E-state index contributed by atoms with van der Waals surface area (Å²) < 4.78 is 6.11. The number of hydrogen-bond donors (Lipinski definition) is 2. The van der Waals surface area contributed by atoms with Crippen LogP contribution in [0, 0.1) is 6.92 Å². The Hall–Kier alpha value is -1.37. The van der Waals surface area contributed by atoms with Crippen molar-refractivity contribution >= 4 is 45.2 Å². The van der Waals surface area contributed by atoms with Crippen LogP contribution in [-0.2, 0) is 0 Å². The molecule has 0 bridgehead atoms. The lowest BCUT2D eigenvalue weighted by atomic mass is 10.1. The molecule has 0 aliphatic rings. The molecule has 0 atom stereocenters. The van der Waals surface area contributed by atoms with Crippen molar-refractivity contribution in [1.82, 2.24) is 10.6 Å². The molecule has 0 spiro atoms. The van der Waals surface area contributed by atoms with Crippen LogP contribution in [0.1, 0.15) is 29.3 Å².